The molecule has 0 aliphatic carbocycles. The molecular weight excluding hydrogens is 276 g/mol. The van der Waals surface area contributed by atoms with Gasteiger partial charge in [-0.15, -0.1) is 0 Å². The second-order valence-corrected chi connectivity index (χ2v) is 4.90. The quantitative estimate of drug-likeness (QED) is 0.805. The second-order valence-electron chi connectivity index (χ2n) is 4.90. The number of anilines is 1. The van der Waals surface area contributed by atoms with Crippen LogP contribution in [0.2, 0.25) is 0 Å². The maximum Gasteiger partial charge on any atom is 0.202 e. The van der Waals surface area contributed by atoms with Crippen molar-refractivity contribution < 1.29 is 8.78 Å². The molecule has 0 atom stereocenters. The predicted molar refractivity (Wildman–Crippen MR) is 75.7 cm³/mol. The first-order chi connectivity index (χ1) is 10.0. The van der Waals surface area contributed by atoms with E-state index in [9.17, 15) is 8.78 Å². The molecule has 0 radical (unpaired) electrons. The average molecular weight is 291 g/mol. The zero-order chi connectivity index (χ0) is 15.1. The Bertz CT molecular complexity index is 818. The van der Waals surface area contributed by atoms with E-state index >= 15 is 0 Å². The molecule has 0 aliphatic heterocycles. The second kappa shape index (κ2) is 4.83. The van der Waals surface area contributed by atoms with E-state index in [0.29, 0.717) is 18.1 Å². The highest BCUT2D eigenvalue weighted by molar-refractivity contribution is 5.77. The molecule has 0 aliphatic rings. The number of rotatable bonds is 3. The molecule has 2 heterocycles. The monoisotopic (exact) mass is 291 g/mol. The van der Waals surface area contributed by atoms with Crippen molar-refractivity contribution in [1.29, 1.82) is 0 Å². The van der Waals surface area contributed by atoms with Crippen LogP contribution in [0.15, 0.2) is 18.2 Å². The molecule has 21 heavy (non-hydrogen) atoms. The smallest absolute Gasteiger partial charge is 0.202 e. The Morgan fingerprint density at radius 3 is 2.67 bits per heavy atom. The van der Waals surface area contributed by atoms with Crippen molar-refractivity contribution in [3.05, 3.63) is 41.1 Å². The highest BCUT2D eigenvalue weighted by Gasteiger charge is 2.17. The lowest BCUT2D eigenvalue weighted by Crippen LogP contribution is -2.08. The number of nitrogen functional groups attached to an aromatic ring is 1. The largest absolute Gasteiger partial charge is 0.369 e. The molecule has 3 rings (SSSR count). The molecular formula is C14H15F2N5. The van der Waals surface area contributed by atoms with Crippen LogP contribution in [0.3, 0.4) is 0 Å². The molecule has 2 aromatic heterocycles. The number of nitrogens with zero attached hydrogens (tertiary/aromatic N) is 4. The summed E-state index contributed by atoms with van der Waals surface area (Å²) in [6.07, 6.45) is 0.749. The fraction of sp³-hybridized carbons (Fsp3) is 0.286. The van der Waals surface area contributed by atoms with Crippen molar-refractivity contribution in [2.24, 2.45) is 7.05 Å². The molecule has 110 valence electrons. The van der Waals surface area contributed by atoms with Crippen LogP contribution in [-0.4, -0.2) is 19.3 Å². The Labute approximate surface area is 120 Å². The van der Waals surface area contributed by atoms with E-state index in [1.54, 1.807) is 9.25 Å². The number of fused-ring (bicyclic) bond motifs is 1. The number of aromatic nitrogens is 4. The van der Waals surface area contributed by atoms with Crippen LogP contribution in [-0.2, 0) is 20.0 Å². The fourth-order valence-corrected chi connectivity index (χ4v) is 2.47. The number of nitrogens with two attached hydrogens (primary N) is 1. The normalized spacial score (nSPS) is 11.4. The van der Waals surface area contributed by atoms with E-state index in [1.807, 2.05) is 14.0 Å². The van der Waals surface area contributed by atoms with Crippen molar-refractivity contribution in [3.8, 4) is 0 Å². The first-order valence-electron chi connectivity index (χ1n) is 6.62. The molecule has 0 fully saturated rings. The SMILES string of the molecule is CCc1nn(C)c2c1nc(N)n2Cc1ccc(F)c(F)c1. The number of halogens is 2. The van der Waals surface area contributed by atoms with Gasteiger partial charge < -0.3 is 5.73 Å². The van der Waals surface area contributed by atoms with Crippen molar-refractivity contribution in [2.75, 3.05) is 5.73 Å². The molecule has 0 saturated heterocycles. The van der Waals surface area contributed by atoms with Gasteiger partial charge in [-0.25, -0.2) is 13.8 Å². The number of benzene rings is 1. The first-order valence-corrected chi connectivity index (χ1v) is 6.62. The van der Waals surface area contributed by atoms with E-state index < -0.39 is 11.6 Å². The summed E-state index contributed by atoms with van der Waals surface area (Å²) in [5.41, 5.74) is 8.95. The third-order valence-electron chi connectivity index (χ3n) is 3.48. The molecule has 0 saturated carbocycles. The topological polar surface area (TPSA) is 61.7 Å². The van der Waals surface area contributed by atoms with Gasteiger partial charge in [-0.1, -0.05) is 13.0 Å². The minimum atomic E-state index is -0.873. The molecule has 5 nitrogen and oxygen atoms in total. The molecule has 0 bridgehead atoms. The fourth-order valence-electron chi connectivity index (χ4n) is 2.47. The summed E-state index contributed by atoms with van der Waals surface area (Å²) in [5.74, 6) is -1.41. The van der Waals surface area contributed by atoms with Crippen LogP contribution in [0.1, 0.15) is 18.2 Å². The Hall–Kier alpha value is -2.44. The summed E-state index contributed by atoms with van der Waals surface area (Å²) in [4.78, 5) is 4.33. The van der Waals surface area contributed by atoms with Crippen LogP contribution < -0.4 is 5.73 Å². The van der Waals surface area contributed by atoms with Gasteiger partial charge in [-0.05, 0) is 24.1 Å². The van der Waals surface area contributed by atoms with Gasteiger partial charge in [-0.3, -0.25) is 9.25 Å². The predicted octanol–water partition coefficient (Wildman–Crippen LogP) is 2.24. The van der Waals surface area contributed by atoms with Gasteiger partial charge in [0.05, 0.1) is 12.2 Å². The number of imidazole rings is 1. The van der Waals surface area contributed by atoms with Crippen LogP contribution in [0.5, 0.6) is 0 Å². The summed E-state index contributed by atoms with van der Waals surface area (Å²) < 4.78 is 29.8. The van der Waals surface area contributed by atoms with Crippen molar-refractivity contribution >= 4 is 17.1 Å². The highest BCUT2D eigenvalue weighted by atomic mass is 19.2. The number of hydrogen-bond acceptors (Lipinski definition) is 3. The van der Waals surface area contributed by atoms with Gasteiger partial charge in [0, 0.05) is 7.05 Å². The van der Waals surface area contributed by atoms with Gasteiger partial charge in [0.1, 0.15) is 5.52 Å². The molecule has 0 amide bonds. The van der Waals surface area contributed by atoms with E-state index in [-0.39, 0.29) is 0 Å². The molecule has 0 spiro atoms. The van der Waals surface area contributed by atoms with E-state index in [2.05, 4.69) is 10.1 Å². The Morgan fingerprint density at radius 1 is 1.24 bits per heavy atom. The Morgan fingerprint density at radius 2 is 2.00 bits per heavy atom. The van der Waals surface area contributed by atoms with Gasteiger partial charge in [0.25, 0.3) is 0 Å². The number of hydrogen-bond donors (Lipinski definition) is 1. The standard InChI is InChI=1S/C14H15F2N5/c1-3-11-12-13(20(2)19-11)21(14(17)18-12)7-8-4-5-9(15)10(16)6-8/h4-6H,3,7H2,1-2H3,(H2,17,18). The minimum absolute atomic E-state index is 0.308. The maximum atomic E-state index is 13.3. The lowest BCUT2D eigenvalue weighted by molar-refractivity contribution is 0.506. The highest BCUT2D eigenvalue weighted by Crippen LogP contribution is 2.22. The van der Waals surface area contributed by atoms with E-state index in [0.717, 1.165) is 35.4 Å². The van der Waals surface area contributed by atoms with Crippen LogP contribution in [0.4, 0.5) is 14.7 Å². The zero-order valence-electron chi connectivity index (χ0n) is 11.8. The third kappa shape index (κ3) is 2.14. The third-order valence-corrected chi connectivity index (χ3v) is 3.48. The zero-order valence-corrected chi connectivity index (χ0v) is 11.8. The minimum Gasteiger partial charge on any atom is -0.369 e. The summed E-state index contributed by atoms with van der Waals surface area (Å²) >= 11 is 0. The summed E-state index contributed by atoms with van der Waals surface area (Å²) in [6, 6.07) is 3.80. The Balaban J connectivity index is 2.09. The van der Waals surface area contributed by atoms with Crippen LogP contribution in [0, 0.1) is 11.6 Å². The van der Waals surface area contributed by atoms with Crippen LogP contribution in [0.25, 0.3) is 11.2 Å². The van der Waals surface area contributed by atoms with E-state index in [1.165, 1.54) is 6.07 Å². The van der Waals surface area contributed by atoms with Crippen molar-refractivity contribution in [1.82, 2.24) is 19.3 Å². The molecule has 1 aromatic carbocycles. The van der Waals surface area contributed by atoms with Crippen molar-refractivity contribution in [2.45, 2.75) is 19.9 Å². The maximum absolute atomic E-state index is 13.3. The van der Waals surface area contributed by atoms with Gasteiger partial charge >= 0.3 is 0 Å². The molecule has 2 N–H and O–H groups in total. The van der Waals surface area contributed by atoms with Gasteiger partial charge in [-0.2, -0.15) is 5.10 Å². The van der Waals surface area contributed by atoms with E-state index in [4.69, 9.17) is 5.73 Å². The molecule has 3 aromatic rings. The average Bonchev–Trinajstić information content (AvgIpc) is 2.92. The Kier molecular flexibility index (Phi) is 3.12. The van der Waals surface area contributed by atoms with Crippen molar-refractivity contribution in [3.63, 3.8) is 0 Å². The first kappa shape index (κ1) is 13.5. The van der Waals surface area contributed by atoms with Gasteiger partial charge in [0.2, 0.25) is 5.95 Å². The number of aryl methyl sites for hydroxylation is 2. The summed E-state index contributed by atoms with van der Waals surface area (Å²) in [5, 5.41) is 4.39. The lowest BCUT2D eigenvalue weighted by Gasteiger charge is -2.07. The molecule has 0 unspecified atom stereocenters. The lowest BCUT2D eigenvalue weighted by atomic mass is 10.2. The molecule has 7 heteroatoms. The summed E-state index contributed by atoms with van der Waals surface area (Å²) in [7, 11) is 1.81. The summed E-state index contributed by atoms with van der Waals surface area (Å²) in [6.45, 7) is 2.30. The van der Waals surface area contributed by atoms with Gasteiger partial charge in [0.15, 0.2) is 17.3 Å². The van der Waals surface area contributed by atoms with Crippen LogP contribution >= 0.6 is 0 Å².